The lowest BCUT2D eigenvalue weighted by atomic mass is 10.2. The van der Waals surface area contributed by atoms with Gasteiger partial charge >= 0.3 is 5.97 Å². The maximum atomic E-state index is 12.2. The molecule has 0 saturated carbocycles. The van der Waals surface area contributed by atoms with Gasteiger partial charge < -0.3 is 9.72 Å². The van der Waals surface area contributed by atoms with Crippen molar-refractivity contribution in [2.24, 2.45) is 0 Å². The Morgan fingerprint density at radius 2 is 1.97 bits per heavy atom. The average molecular weight is 435 g/mol. The summed E-state index contributed by atoms with van der Waals surface area (Å²) in [5.74, 6) is -0.314. The Balaban J connectivity index is 1.48. The first kappa shape index (κ1) is 20.6. The molecule has 2 aromatic heterocycles. The van der Waals surface area contributed by atoms with E-state index in [0.717, 1.165) is 22.6 Å². The van der Waals surface area contributed by atoms with Crippen LogP contribution in [0.3, 0.4) is 0 Å². The summed E-state index contributed by atoms with van der Waals surface area (Å²) in [5, 5.41) is 5.44. The van der Waals surface area contributed by atoms with E-state index in [-0.39, 0.29) is 18.0 Å². The molecule has 0 amide bonds. The normalized spacial score (nSPS) is 11.3. The first-order chi connectivity index (χ1) is 14.9. The minimum atomic E-state index is -0.555. The highest BCUT2D eigenvalue weighted by Gasteiger charge is 2.11. The minimum absolute atomic E-state index is 0.165. The molecule has 156 valence electrons. The third-order valence-corrected chi connectivity index (χ3v) is 5.04. The Morgan fingerprint density at radius 1 is 1.19 bits per heavy atom. The van der Waals surface area contributed by atoms with Crippen LogP contribution in [-0.2, 0) is 16.1 Å². The molecule has 2 heterocycles. The van der Waals surface area contributed by atoms with E-state index in [1.807, 2.05) is 48.9 Å². The summed E-state index contributed by atoms with van der Waals surface area (Å²) in [6, 6.07) is 14.6. The van der Waals surface area contributed by atoms with Crippen LogP contribution >= 0.6 is 11.6 Å². The minimum Gasteiger partial charge on any atom is -0.454 e. The van der Waals surface area contributed by atoms with Crippen molar-refractivity contribution in [3.63, 3.8) is 0 Å². The molecule has 4 aromatic rings. The largest absolute Gasteiger partial charge is 0.454 e. The number of esters is 1. The third kappa shape index (κ3) is 4.41. The van der Waals surface area contributed by atoms with E-state index in [2.05, 4.69) is 15.1 Å². The Labute approximate surface area is 183 Å². The number of benzene rings is 2. The van der Waals surface area contributed by atoms with Gasteiger partial charge in [0.25, 0.3) is 5.56 Å². The van der Waals surface area contributed by atoms with E-state index in [1.54, 1.807) is 24.3 Å². The highest BCUT2D eigenvalue weighted by molar-refractivity contribution is 6.31. The van der Waals surface area contributed by atoms with Crippen LogP contribution in [0.4, 0.5) is 0 Å². The zero-order valence-electron chi connectivity index (χ0n) is 16.9. The molecular formula is C23H19ClN4O3. The number of fused-ring (bicyclic) bond motifs is 1. The summed E-state index contributed by atoms with van der Waals surface area (Å²) in [6.07, 6.45) is 3.01. The number of ether oxygens (including phenoxy) is 1. The van der Waals surface area contributed by atoms with Gasteiger partial charge in [-0.05, 0) is 50.3 Å². The zero-order chi connectivity index (χ0) is 22.0. The van der Waals surface area contributed by atoms with Gasteiger partial charge in [-0.1, -0.05) is 29.8 Å². The van der Waals surface area contributed by atoms with Crippen molar-refractivity contribution >= 4 is 34.5 Å². The quantitative estimate of drug-likeness (QED) is 0.376. The van der Waals surface area contributed by atoms with Gasteiger partial charge in [-0.3, -0.25) is 4.79 Å². The lowest BCUT2D eigenvalue weighted by molar-refractivity contribution is -0.139. The molecule has 0 spiro atoms. The molecule has 0 aliphatic heterocycles. The van der Waals surface area contributed by atoms with Crippen LogP contribution in [0.5, 0.6) is 0 Å². The maximum Gasteiger partial charge on any atom is 0.331 e. The van der Waals surface area contributed by atoms with Gasteiger partial charge in [-0.25, -0.2) is 14.5 Å². The molecule has 0 fully saturated rings. The predicted octanol–water partition coefficient (Wildman–Crippen LogP) is 4.14. The van der Waals surface area contributed by atoms with E-state index < -0.39 is 5.97 Å². The van der Waals surface area contributed by atoms with E-state index in [4.69, 9.17) is 16.3 Å². The van der Waals surface area contributed by atoms with Gasteiger partial charge in [0, 0.05) is 22.4 Å². The fraction of sp³-hybridized carbons (Fsp3) is 0.130. The van der Waals surface area contributed by atoms with E-state index in [1.165, 1.54) is 6.08 Å². The van der Waals surface area contributed by atoms with Crippen LogP contribution in [0, 0.1) is 13.8 Å². The van der Waals surface area contributed by atoms with Crippen LogP contribution in [0.15, 0.2) is 59.4 Å². The highest BCUT2D eigenvalue weighted by Crippen LogP contribution is 2.19. The van der Waals surface area contributed by atoms with Crippen LogP contribution < -0.4 is 5.56 Å². The van der Waals surface area contributed by atoms with Crippen LogP contribution in [0.2, 0.25) is 5.02 Å². The van der Waals surface area contributed by atoms with Crippen molar-refractivity contribution < 1.29 is 9.53 Å². The van der Waals surface area contributed by atoms with Gasteiger partial charge in [0.15, 0.2) is 0 Å². The smallest absolute Gasteiger partial charge is 0.331 e. The number of hydrogen-bond acceptors (Lipinski definition) is 5. The molecule has 0 aliphatic rings. The van der Waals surface area contributed by atoms with Gasteiger partial charge in [0.05, 0.1) is 22.3 Å². The SMILES string of the molecule is Cc1nn(-c2ccccc2)c(C)c1/C=C/C(=O)OCc1nc2cc(Cl)ccc2c(=O)[nH]1. The number of aromatic amines is 1. The summed E-state index contributed by atoms with van der Waals surface area (Å²) in [5.41, 5.74) is 3.61. The van der Waals surface area contributed by atoms with E-state index in [0.29, 0.717) is 15.9 Å². The number of halogens is 1. The maximum absolute atomic E-state index is 12.2. The molecule has 4 rings (SSSR count). The van der Waals surface area contributed by atoms with Gasteiger partial charge in [-0.2, -0.15) is 5.10 Å². The summed E-state index contributed by atoms with van der Waals surface area (Å²) in [6.45, 7) is 3.65. The first-order valence-corrected chi connectivity index (χ1v) is 9.95. The molecule has 0 bridgehead atoms. The second-order valence-corrected chi connectivity index (χ2v) is 7.38. The third-order valence-electron chi connectivity index (χ3n) is 4.80. The molecule has 0 unspecified atom stereocenters. The Morgan fingerprint density at radius 3 is 2.74 bits per heavy atom. The molecule has 7 nitrogen and oxygen atoms in total. The molecule has 0 atom stereocenters. The Kier molecular flexibility index (Phi) is 5.68. The van der Waals surface area contributed by atoms with E-state index in [9.17, 15) is 9.59 Å². The summed E-state index contributed by atoms with van der Waals surface area (Å²) in [7, 11) is 0. The molecule has 31 heavy (non-hydrogen) atoms. The first-order valence-electron chi connectivity index (χ1n) is 9.57. The van der Waals surface area contributed by atoms with Gasteiger partial charge in [0.1, 0.15) is 12.4 Å². The number of hydrogen-bond donors (Lipinski definition) is 1. The number of nitrogens with zero attached hydrogens (tertiary/aromatic N) is 3. The molecule has 8 heteroatoms. The summed E-state index contributed by atoms with van der Waals surface area (Å²) < 4.78 is 7.07. The Hall–Kier alpha value is -3.71. The Bertz CT molecular complexity index is 1360. The monoisotopic (exact) mass is 434 g/mol. The van der Waals surface area contributed by atoms with E-state index >= 15 is 0 Å². The fourth-order valence-corrected chi connectivity index (χ4v) is 3.45. The van der Waals surface area contributed by atoms with Crippen molar-refractivity contribution in [3.05, 3.63) is 92.8 Å². The number of para-hydroxylation sites is 1. The number of carbonyl (C=O) groups is 1. The van der Waals surface area contributed by atoms with Crippen LogP contribution in [0.1, 0.15) is 22.8 Å². The highest BCUT2D eigenvalue weighted by atomic mass is 35.5. The van der Waals surface area contributed by atoms with Crippen LogP contribution in [0.25, 0.3) is 22.7 Å². The predicted molar refractivity (Wildman–Crippen MR) is 119 cm³/mol. The second-order valence-electron chi connectivity index (χ2n) is 6.95. The molecule has 2 aromatic carbocycles. The van der Waals surface area contributed by atoms with Gasteiger partial charge in [-0.15, -0.1) is 0 Å². The number of H-pyrrole nitrogens is 1. The lowest BCUT2D eigenvalue weighted by Crippen LogP contribution is -2.13. The topological polar surface area (TPSA) is 89.9 Å². The van der Waals surface area contributed by atoms with Crippen molar-refractivity contribution in [3.8, 4) is 5.69 Å². The molecular weight excluding hydrogens is 416 g/mol. The van der Waals surface area contributed by atoms with Crippen molar-refractivity contribution in [1.29, 1.82) is 0 Å². The summed E-state index contributed by atoms with van der Waals surface area (Å²) in [4.78, 5) is 31.3. The number of nitrogens with one attached hydrogen (secondary N) is 1. The number of aromatic nitrogens is 4. The van der Waals surface area contributed by atoms with Crippen molar-refractivity contribution in [2.45, 2.75) is 20.5 Å². The molecule has 0 radical (unpaired) electrons. The number of rotatable bonds is 5. The number of aryl methyl sites for hydroxylation is 1. The fourth-order valence-electron chi connectivity index (χ4n) is 3.28. The number of carbonyl (C=O) groups excluding carboxylic acids is 1. The molecule has 0 aliphatic carbocycles. The summed E-state index contributed by atoms with van der Waals surface area (Å²) >= 11 is 5.96. The van der Waals surface area contributed by atoms with Crippen molar-refractivity contribution in [1.82, 2.24) is 19.7 Å². The lowest BCUT2D eigenvalue weighted by Gasteiger charge is -2.04. The second kappa shape index (κ2) is 8.57. The standard InChI is InChI=1S/C23H19ClN4O3/c1-14-18(15(2)28(27-14)17-6-4-3-5-7-17)10-11-22(29)31-13-21-25-20-12-16(24)8-9-19(20)23(30)26-21/h3-12H,13H2,1-2H3,(H,25,26,30)/b11-10+. The molecule has 1 N–H and O–H groups in total. The van der Waals surface area contributed by atoms with Crippen molar-refractivity contribution in [2.75, 3.05) is 0 Å². The zero-order valence-corrected chi connectivity index (χ0v) is 17.7. The average Bonchev–Trinajstić information content (AvgIpc) is 3.04. The molecule has 0 saturated heterocycles. The van der Waals surface area contributed by atoms with Crippen LogP contribution in [-0.4, -0.2) is 25.7 Å². The van der Waals surface area contributed by atoms with Gasteiger partial charge in [0.2, 0.25) is 0 Å².